The maximum Gasteiger partial charge on any atom is 0.101 e. The molecule has 0 atom stereocenters. The molecule has 3 nitrogen and oxygen atoms in total. The average molecular weight is 330 g/mol. The molecule has 0 amide bonds. The van der Waals surface area contributed by atoms with Crippen molar-refractivity contribution in [2.75, 3.05) is 0 Å². The van der Waals surface area contributed by atoms with Crippen LogP contribution in [0.4, 0.5) is 0 Å². The monoisotopic (exact) mass is 329 g/mol. The van der Waals surface area contributed by atoms with Crippen molar-refractivity contribution in [3.05, 3.63) is 44.7 Å². The van der Waals surface area contributed by atoms with E-state index in [2.05, 4.69) is 27.7 Å². The van der Waals surface area contributed by atoms with Gasteiger partial charge in [-0.25, -0.2) is 4.68 Å². The summed E-state index contributed by atoms with van der Waals surface area (Å²) in [4.78, 5) is 0. The molecule has 1 aromatic carbocycles. The Kier molecular flexibility index (Phi) is 2.93. The number of aromatic nitrogens is 2. The summed E-state index contributed by atoms with van der Waals surface area (Å²) in [5.74, 6) is 0. The largest absolute Gasteiger partial charge is 0.240 e. The van der Waals surface area contributed by atoms with Gasteiger partial charge in [-0.2, -0.15) is 10.4 Å². The molecule has 0 aliphatic heterocycles. The lowest BCUT2D eigenvalue weighted by atomic mass is 10.2. The number of halogens is 2. The van der Waals surface area contributed by atoms with Gasteiger partial charge >= 0.3 is 0 Å². The minimum absolute atomic E-state index is 0.445. The summed E-state index contributed by atoms with van der Waals surface area (Å²) in [5, 5.41) is 13.3. The SMILES string of the molecule is N#Cc1ccc(-n2cc(I)cn2)cc1Cl. The summed E-state index contributed by atoms with van der Waals surface area (Å²) in [5.41, 5.74) is 1.32. The third-order valence-electron chi connectivity index (χ3n) is 1.89. The van der Waals surface area contributed by atoms with E-state index in [9.17, 15) is 0 Å². The van der Waals surface area contributed by atoms with Gasteiger partial charge in [0.05, 0.1) is 26.0 Å². The fourth-order valence-electron chi connectivity index (χ4n) is 1.18. The molecule has 2 aromatic rings. The molecule has 0 fully saturated rings. The van der Waals surface area contributed by atoms with Gasteiger partial charge in [-0.05, 0) is 40.8 Å². The van der Waals surface area contributed by atoms with Crippen LogP contribution in [-0.4, -0.2) is 9.78 Å². The molecular weight excluding hydrogens is 324 g/mol. The van der Waals surface area contributed by atoms with Gasteiger partial charge in [0.1, 0.15) is 6.07 Å². The molecule has 74 valence electrons. The third-order valence-corrected chi connectivity index (χ3v) is 2.76. The number of hydrogen-bond acceptors (Lipinski definition) is 2. The highest BCUT2D eigenvalue weighted by molar-refractivity contribution is 14.1. The molecule has 0 N–H and O–H groups in total. The van der Waals surface area contributed by atoms with Crippen LogP contribution in [0.1, 0.15) is 5.56 Å². The third kappa shape index (κ3) is 2.13. The van der Waals surface area contributed by atoms with E-state index in [1.54, 1.807) is 23.0 Å². The fraction of sp³-hybridized carbons (Fsp3) is 0. The molecule has 0 radical (unpaired) electrons. The van der Waals surface area contributed by atoms with Crippen LogP contribution in [0.25, 0.3) is 5.69 Å². The zero-order valence-corrected chi connectivity index (χ0v) is 10.4. The predicted molar refractivity (Wildman–Crippen MR) is 66.0 cm³/mol. The van der Waals surface area contributed by atoms with Crippen LogP contribution in [0.15, 0.2) is 30.6 Å². The van der Waals surface area contributed by atoms with Crippen molar-refractivity contribution < 1.29 is 0 Å². The van der Waals surface area contributed by atoms with Crippen molar-refractivity contribution in [3.63, 3.8) is 0 Å². The number of hydrogen-bond donors (Lipinski definition) is 0. The van der Waals surface area contributed by atoms with Crippen LogP contribution in [0.5, 0.6) is 0 Å². The van der Waals surface area contributed by atoms with E-state index >= 15 is 0 Å². The molecule has 0 unspecified atom stereocenters. The van der Waals surface area contributed by atoms with E-state index in [-0.39, 0.29) is 0 Å². The Morgan fingerprint density at radius 1 is 1.47 bits per heavy atom. The quantitative estimate of drug-likeness (QED) is 0.755. The zero-order valence-electron chi connectivity index (χ0n) is 7.48. The molecule has 15 heavy (non-hydrogen) atoms. The molecule has 1 aromatic heterocycles. The molecule has 0 saturated heterocycles. The molecule has 5 heteroatoms. The highest BCUT2D eigenvalue weighted by atomic mass is 127. The number of benzene rings is 1. The summed E-state index contributed by atoms with van der Waals surface area (Å²) >= 11 is 8.10. The molecule has 1 heterocycles. The molecule has 0 aliphatic rings. The van der Waals surface area contributed by atoms with Crippen LogP contribution in [0.2, 0.25) is 5.02 Å². The normalized spacial score (nSPS) is 9.93. The van der Waals surface area contributed by atoms with Gasteiger partial charge in [-0.1, -0.05) is 11.6 Å². The Balaban J connectivity index is 2.48. The predicted octanol–water partition coefficient (Wildman–Crippen LogP) is 3.00. The Hall–Kier alpha value is -1.06. The maximum absolute atomic E-state index is 8.73. The number of nitriles is 1. The molecule has 0 aliphatic carbocycles. The number of nitrogens with zero attached hydrogens (tertiary/aromatic N) is 3. The van der Waals surface area contributed by atoms with Gasteiger partial charge in [0.15, 0.2) is 0 Å². The van der Waals surface area contributed by atoms with Gasteiger partial charge < -0.3 is 0 Å². The van der Waals surface area contributed by atoms with E-state index in [1.807, 2.05) is 18.3 Å². The first-order valence-electron chi connectivity index (χ1n) is 4.11. The Morgan fingerprint density at radius 2 is 2.27 bits per heavy atom. The molecular formula is C10H5ClIN3. The van der Waals surface area contributed by atoms with Gasteiger partial charge in [0, 0.05) is 6.20 Å². The highest BCUT2D eigenvalue weighted by Crippen LogP contribution is 2.19. The van der Waals surface area contributed by atoms with Crippen LogP contribution >= 0.6 is 34.2 Å². The minimum Gasteiger partial charge on any atom is -0.240 e. The fourth-order valence-corrected chi connectivity index (χ4v) is 1.78. The maximum atomic E-state index is 8.73. The molecule has 0 bridgehead atoms. The first-order chi connectivity index (χ1) is 7.20. The first kappa shape index (κ1) is 10.5. The second kappa shape index (κ2) is 4.21. The molecule has 0 spiro atoms. The second-order valence-electron chi connectivity index (χ2n) is 2.88. The summed E-state index contributed by atoms with van der Waals surface area (Å²) in [7, 11) is 0. The Labute approximate surface area is 105 Å². The van der Waals surface area contributed by atoms with E-state index < -0.39 is 0 Å². The Morgan fingerprint density at radius 3 is 2.80 bits per heavy atom. The molecule has 0 saturated carbocycles. The van der Waals surface area contributed by atoms with Crippen molar-refractivity contribution in [2.24, 2.45) is 0 Å². The topological polar surface area (TPSA) is 41.6 Å². The van der Waals surface area contributed by atoms with E-state index in [4.69, 9.17) is 16.9 Å². The van der Waals surface area contributed by atoms with Crippen LogP contribution < -0.4 is 0 Å². The van der Waals surface area contributed by atoms with Gasteiger partial charge in [0.2, 0.25) is 0 Å². The number of rotatable bonds is 1. The van der Waals surface area contributed by atoms with Crippen molar-refractivity contribution in [2.45, 2.75) is 0 Å². The van der Waals surface area contributed by atoms with E-state index in [0.29, 0.717) is 10.6 Å². The van der Waals surface area contributed by atoms with E-state index in [1.165, 1.54) is 0 Å². The van der Waals surface area contributed by atoms with Gasteiger partial charge in [-0.15, -0.1) is 0 Å². The Bertz CT molecular complexity index is 542. The lowest BCUT2D eigenvalue weighted by molar-refractivity contribution is 0.880. The summed E-state index contributed by atoms with van der Waals surface area (Å²) in [6.07, 6.45) is 3.64. The summed E-state index contributed by atoms with van der Waals surface area (Å²) in [6, 6.07) is 7.24. The first-order valence-corrected chi connectivity index (χ1v) is 5.56. The van der Waals surface area contributed by atoms with Crippen LogP contribution in [-0.2, 0) is 0 Å². The van der Waals surface area contributed by atoms with Crippen molar-refractivity contribution >= 4 is 34.2 Å². The summed E-state index contributed by atoms with van der Waals surface area (Å²) < 4.78 is 2.77. The van der Waals surface area contributed by atoms with Crippen molar-refractivity contribution in [1.82, 2.24) is 9.78 Å². The summed E-state index contributed by atoms with van der Waals surface area (Å²) in [6.45, 7) is 0. The highest BCUT2D eigenvalue weighted by Gasteiger charge is 2.03. The lowest BCUT2D eigenvalue weighted by Crippen LogP contribution is -1.94. The van der Waals surface area contributed by atoms with Gasteiger partial charge in [0.25, 0.3) is 0 Å². The minimum atomic E-state index is 0.445. The smallest absolute Gasteiger partial charge is 0.101 e. The van der Waals surface area contributed by atoms with Gasteiger partial charge in [-0.3, -0.25) is 0 Å². The van der Waals surface area contributed by atoms with E-state index in [0.717, 1.165) is 9.26 Å². The lowest BCUT2D eigenvalue weighted by Gasteiger charge is -2.02. The second-order valence-corrected chi connectivity index (χ2v) is 4.53. The zero-order chi connectivity index (χ0) is 10.8. The van der Waals surface area contributed by atoms with Crippen molar-refractivity contribution in [1.29, 1.82) is 5.26 Å². The standard InChI is InChI=1S/C10H5ClIN3/c11-10-3-9(2-1-7(10)4-13)15-6-8(12)5-14-15/h1-3,5-6H. The van der Waals surface area contributed by atoms with Crippen LogP contribution in [0.3, 0.4) is 0 Å². The molecule has 2 rings (SSSR count). The van der Waals surface area contributed by atoms with Crippen LogP contribution in [0, 0.1) is 14.9 Å². The van der Waals surface area contributed by atoms with Crippen molar-refractivity contribution in [3.8, 4) is 11.8 Å². The average Bonchev–Trinajstić information content (AvgIpc) is 2.65.